The maximum absolute atomic E-state index is 3.51. The first kappa shape index (κ1) is 6.41. The number of hydrogen-bond acceptors (Lipinski definition) is 1. The van der Waals surface area contributed by atoms with Crippen LogP contribution in [0.5, 0.6) is 0 Å². The van der Waals surface area contributed by atoms with Crippen LogP contribution in [-0.4, -0.2) is 12.1 Å². The van der Waals surface area contributed by atoms with Gasteiger partial charge in [0.1, 0.15) is 0 Å². The molecule has 0 saturated carbocycles. The Morgan fingerprint density at radius 2 is 1.90 bits per heavy atom. The van der Waals surface area contributed by atoms with E-state index in [1.807, 2.05) is 0 Å². The average molecular weight is 137 g/mol. The van der Waals surface area contributed by atoms with Crippen molar-refractivity contribution in [3.8, 4) is 0 Å². The van der Waals surface area contributed by atoms with E-state index in [9.17, 15) is 0 Å². The zero-order valence-electron chi connectivity index (χ0n) is 6.78. The largest absolute Gasteiger partial charge is 0.310 e. The van der Waals surface area contributed by atoms with E-state index in [0.29, 0.717) is 11.0 Å². The summed E-state index contributed by atoms with van der Waals surface area (Å²) in [5.74, 6) is 0. The van der Waals surface area contributed by atoms with Crippen LogP contribution in [0.25, 0.3) is 0 Å². The minimum absolute atomic E-state index is 0.418. The van der Waals surface area contributed by atoms with E-state index < -0.39 is 0 Å². The van der Waals surface area contributed by atoms with Gasteiger partial charge in [0.2, 0.25) is 0 Å². The number of rotatable bonds is 0. The van der Waals surface area contributed by atoms with Gasteiger partial charge in [-0.25, -0.2) is 0 Å². The SMILES string of the molecule is CC12CC=CCC1(C)NC2. The van der Waals surface area contributed by atoms with Crippen molar-refractivity contribution in [1.82, 2.24) is 5.32 Å². The number of nitrogens with one attached hydrogen (secondary N) is 1. The molecule has 56 valence electrons. The van der Waals surface area contributed by atoms with Gasteiger partial charge in [-0.1, -0.05) is 19.1 Å². The van der Waals surface area contributed by atoms with Gasteiger partial charge in [-0.2, -0.15) is 0 Å². The lowest BCUT2D eigenvalue weighted by atomic mass is 9.59. The zero-order valence-corrected chi connectivity index (χ0v) is 6.78. The second-order valence-electron chi connectivity index (χ2n) is 4.13. The molecule has 0 spiro atoms. The van der Waals surface area contributed by atoms with Crippen LogP contribution >= 0.6 is 0 Å². The Morgan fingerprint density at radius 1 is 1.20 bits per heavy atom. The van der Waals surface area contributed by atoms with Crippen molar-refractivity contribution in [1.29, 1.82) is 0 Å². The Kier molecular flexibility index (Phi) is 1.06. The van der Waals surface area contributed by atoms with Crippen LogP contribution in [0.4, 0.5) is 0 Å². The molecule has 1 saturated heterocycles. The van der Waals surface area contributed by atoms with E-state index >= 15 is 0 Å². The van der Waals surface area contributed by atoms with Gasteiger partial charge >= 0.3 is 0 Å². The molecule has 2 atom stereocenters. The molecule has 1 heteroatoms. The van der Waals surface area contributed by atoms with Gasteiger partial charge in [0.15, 0.2) is 0 Å². The molecule has 0 bridgehead atoms. The second kappa shape index (κ2) is 1.65. The van der Waals surface area contributed by atoms with Crippen LogP contribution in [0.15, 0.2) is 12.2 Å². The van der Waals surface area contributed by atoms with Gasteiger partial charge in [-0.05, 0) is 19.8 Å². The molecule has 2 rings (SSSR count). The Morgan fingerprint density at radius 3 is 2.20 bits per heavy atom. The van der Waals surface area contributed by atoms with E-state index in [4.69, 9.17) is 0 Å². The number of hydrogen-bond donors (Lipinski definition) is 1. The van der Waals surface area contributed by atoms with Crippen LogP contribution in [0.3, 0.4) is 0 Å². The maximum Gasteiger partial charge on any atom is 0.0256 e. The van der Waals surface area contributed by atoms with Crippen molar-refractivity contribution in [2.45, 2.75) is 32.2 Å². The van der Waals surface area contributed by atoms with E-state index in [0.717, 1.165) is 0 Å². The monoisotopic (exact) mass is 137 g/mol. The fourth-order valence-electron chi connectivity index (χ4n) is 1.97. The summed E-state index contributed by atoms with van der Waals surface area (Å²) in [6, 6.07) is 0. The van der Waals surface area contributed by atoms with Gasteiger partial charge in [0.05, 0.1) is 0 Å². The van der Waals surface area contributed by atoms with Gasteiger partial charge in [-0.15, -0.1) is 0 Å². The minimum atomic E-state index is 0.418. The zero-order chi connectivity index (χ0) is 7.24. The van der Waals surface area contributed by atoms with Crippen LogP contribution in [0.1, 0.15) is 26.7 Å². The quantitative estimate of drug-likeness (QED) is 0.501. The predicted octanol–water partition coefficient (Wildman–Crippen LogP) is 1.70. The summed E-state index contributed by atoms with van der Waals surface area (Å²) >= 11 is 0. The van der Waals surface area contributed by atoms with Crippen LogP contribution in [0.2, 0.25) is 0 Å². The first-order valence-corrected chi connectivity index (χ1v) is 4.06. The molecule has 1 N–H and O–H groups in total. The van der Waals surface area contributed by atoms with Crippen molar-refractivity contribution < 1.29 is 0 Å². The molecule has 0 aromatic carbocycles. The molecule has 0 amide bonds. The van der Waals surface area contributed by atoms with E-state index in [1.165, 1.54) is 19.4 Å². The highest BCUT2D eigenvalue weighted by Gasteiger charge is 2.51. The Labute approximate surface area is 62.5 Å². The van der Waals surface area contributed by atoms with Crippen molar-refractivity contribution in [2.24, 2.45) is 5.41 Å². The van der Waals surface area contributed by atoms with Crippen molar-refractivity contribution >= 4 is 0 Å². The Balaban J connectivity index is 2.28. The molecule has 2 unspecified atom stereocenters. The summed E-state index contributed by atoms with van der Waals surface area (Å²) in [5, 5.41) is 3.51. The molecule has 1 nitrogen and oxygen atoms in total. The normalized spacial score (nSPS) is 51.8. The average Bonchev–Trinajstić information content (AvgIpc) is 1.92. The molecule has 1 heterocycles. The summed E-state index contributed by atoms with van der Waals surface area (Å²) in [6.45, 7) is 5.92. The molecule has 0 aromatic heterocycles. The number of allylic oxidation sites excluding steroid dienone is 1. The maximum atomic E-state index is 3.51. The topological polar surface area (TPSA) is 12.0 Å². The lowest BCUT2D eigenvalue weighted by Gasteiger charge is -2.58. The highest BCUT2D eigenvalue weighted by atomic mass is 15.1. The van der Waals surface area contributed by atoms with Crippen molar-refractivity contribution in [3.05, 3.63) is 12.2 Å². The lowest BCUT2D eigenvalue weighted by molar-refractivity contribution is 0.0111. The van der Waals surface area contributed by atoms with E-state index in [2.05, 4.69) is 31.3 Å². The molecule has 2 aliphatic rings. The summed E-state index contributed by atoms with van der Waals surface area (Å²) in [4.78, 5) is 0. The van der Waals surface area contributed by atoms with Crippen LogP contribution in [-0.2, 0) is 0 Å². The molecule has 1 fully saturated rings. The highest BCUT2D eigenvalue weighted by Crippen LogP contribution is 2.46. The first-order valence-electron chi connectivity index (χ1n) is 4.06. The molecule has 1 aliphatic carbocycles. The predicted molar refractivity (Wildman–Crippen MR) is 42.9 cm³/mol. The highest BCUT2D eigenvalue weighted by molar-refractivity contribution is 5.18. The fraction of sp³-hybridized carbons (Fsp3) is 0.778. The van der Waals surface area contributed by atoms with Crippen molar-refractivity contribution in [3.63, 3.8) is 0 Å². The Hall–Kier alpha value is -0.300. The third kappa shape index (κ3) is 0.567. The summed E-state index contributed by atoms with van der Waals surface area (Å²) < 4.78 is 0. The third-order valence-corrected chi connectivity index (χ3v) is 3.46. The van der Waals surface area contributed by atoms with E-state index in [-0.39, 0.29) is 0 Å². The molecular formula is C9H15N. The van der Waals surface area contributed by atoms with Crippen LogP contribution < -0.4 is 5.32 Å². The van der Waals surface area contributed by atoms with Gasteiger partial charge in [-0.3, -0.25) is 0 Å². The molecular weight excluding hydrogens is 122 g/mol. The first-order chi connectivity index (χ1) is 4.66. The molecule has 10 heavy (non-hydrogen) atoms. The smallest absolute Gasteiger partial charge is 0.0256 e. The molecule has 1 aliphatic heterocycles. The fourth-order valence-corrected chi connectivity index (χ4v) is 1.97. The molecule has 0 aromatic rings. The standard InChI is InChI=1S/C9H15N/c1-8-5-3-4-6-9(8,2)10-7-8/h3-4,10H,5-7H2,1-2H3. The van der Waals surface area contributed by atoms with E-state index in [1.54, 1.807) is 0 Å². The summed E-state index contributed by atoms with van der Waals surface area (Å²) in [5.41, 5.74) is 0.976. The van der Waals surface area contributed by atoms with Gasteiger partial charge < -0.3 is 5.32 Å². The van der Waals surface area contributed by atoms with Crippen molar-refractivity contribution in [2.75, 3.05) is 6.54 Å². The third-order valence-electron chi connectivity index (χ3n) is 3.46. The van der Waals surface area contributed by atoms with Gasteiger partial charge in [0.25, 0.3) is 0 Å². The lowest BCUT2D eigenvalue weighted by Crippen LogP contribution is -2.70. The minimum Gasteiger partial charge on any atom is -0.310 e. The van der Waals surface area contributed by atoms with Crippen LogP contribution in [0, 0.1) is 5.41 Å². The summed E-state index contributed by atoms with van der Waals surface area (Å²) in [6.07, 6.45) is 7.09. The summed E-state index contributed by atoms with van der Waals surface area (Å²) in [7, 11) is 0. The second-order valence-corrected chi connectivity index (χ2v) is 4.13. The Bertz CT molecular complexity index is 165. The van der Waals surface area contributed by atoms with Gasteiger partial charge in [0, 0.05) is 17.5 Å². The molecule has 0 radical (unpaired) electrons. The number of fused-ring (bicyclic) bond motifs is 1.